The molecular formula is C20H34ClNO3Si. The van der Waals surface area contributed by atoms with Crippen LogP contribution in [0.4, 0.5) is 4.79 Å². The summed E-state index contributed by atoms with van der Waals surface area (Å²) >= 11 is 6.50. The molecule has 4 nitrogen and oxygen atoms in total. The number of hydrogen-bond donors (Lipinski definition) is 0. The summed E-state index contributed by atoms with van der Waals surface area (Å²) in [6.07, 6.45) is -0.416. The lowest BCUT2D eigenvalue weighted by Crippen LogP contribution is -2.33. The Morgan fingerprint density at radius 1 is 1.19 bits per heavy atom. The van der Waals surface area contributed by atoms with Crippen molar-refractivity contribution in [3.8, 4) is 0 Å². The fraction of sp³-hybridized carbons (Fsp3) is 0.650. The second-order valence-electron chi connectivity index (χ2n) is 9.12. The van der Waals surface area contributed by atoms with Crippen LogP contribution < -0.4 is 0 Å². The molecule has 0 aliphatic rings. The highest BCUT2D eigenvalue weighted by Gasteiger charge is 2.30. The first-order valence-corrected chi connectivity index (χ1v) is 12.2. The van der Waals surface area contributed by atoms with Gasteiger partial charge in [-0.15, -0.1) is 0 Å². The van der Waals surface area contributed by atoms with Crippen molar-refractivity contribution in [3.63, 3.8) is 0 Å². The van der Waals surface area contributed by atoms with Gasteiger partial charge in [0.1, 0.15) is 5.60 Å². The second-order valence-corrected chi connectivity index (χ2v) is 11.9. The second kappa shape index (κ2) is 8.76. The Morgan fingerprint density at radius 2 is 1.77 bits per heavy atom. The van der Waals surface area contributed by atoms with E-state index < -0.39 is 14.6 Å². The van der Waals surface area contributed by atoms with Gasteiger partial charge in [0.25, 0.3) is 0 Å². The molecule has 26 heavy (non-hydrogen) atoms. The topological polar surface area (TPSA) is 38.8 Å². The minimum atomic E-state index is -1.25. The molecule has 0 saturated heterocycles. The van der Waals surface area contributed by atoms with Gasteiger partial charge in [0, 0.05) is 18.6 Å². The zero-order valence-electron chi connectivity index (χ0n) is 17.6. The maximum atomic E-state index is 12.2. The number of amides is 1. The first-order valence-electron chi connectivity index (χ1n) is 9.08. The van der Waals surface area contributed by atoms with Crippen molar-refractivity contribution in [2.75, 3.05) is 7.05 Å². The molecule has 0 aliphatic heterocycles. The van der Waals surface area contributed by atoms with Crippen molar-refractivity contribution < 1.29 is 14.0 Å². The molecular weight excluding hydrogens is 366 g/mol. The fourth-order valence-corrected chi connectivity index (χ4v) is 3.90. The van der Waals surface area contributed by atoms with Crippen molar-refractivity contribution in [1.82, 2.24) is 4.90 Å². The summed E-state index contributed by atoms with van der Waals surface area (Å²) in [6, 6.07) is 5.88. The lowest BCUT2D eigenvalue weighted by Gasteiger charge is -2.34. The van der Waals surface area contributed by atoms with Gasteiger partial charge in [-0.25, -0.2) is 4.79 Å². The van der Waals surface area contributed by atoms with Crippen molar-refractivity contribution >= 4 is 26.7 Å². The van der Waals surface area contributed by atoms with Gasteiger partial charge in [-0.2, -0.15) is 0 Å². The third-order valence-corrected chi connectivity index (χ3v) is 4.82. The molecule has 0 fully saturated rings. The first-order chi connectivity index (χ1) is 11.7. The van der Waals surface area contributed by atoms with Crippen LogP contribution in [0, 0.1) is 5.41 Å². The van der Waals surface area contributed by atoms with E-state index in [4.69, 9.17) is 20.8 Å². The maximum absolute atomic E-state index is 12.2. The molecule has 0 spiro atoms. The van der Waals surface area contributed by atoms with Gasteiger partial charge in [-0.1, -0.05) is 38.4 Å². The Bertz CT molecular complexity index is 620. The van der Waals surface area contributed by atoms with Gasteiger partial charge in [0.05, 0.1) is 6.10 Å². The van der Waals surface area contributed by atoms with Crippen LogP contribution in [0.25, 0.3) is 0 Å². The Labute approximate surface area is 165 Å². The lowest BCUT2D eigenvalue weighted by atomic mass is 9.84. The molecule has 1 aromatic carbocycles. The standard InChI is InChI=1S/C20H34ClNO3Si/c1-19(2,3)17(25-26(8)9)15-12-14(10-11-16(15)21)13-22(7)18(23)24-20(4,5)6/h10-12,17,26H,13H2,1-9H3. The van der Waals surface area contributed by atoms with Crippen molar-refractivity contribution in [3.05, 3.63) is 34.3 Å². The molecule has 0 N–H and O–H groups in total. The minimum absolute atomic E-state index is 0.0728. The van der Waals surface area contributed by atoms with E-state index in [-0.39, 0.29) is 17.6 Å². The fourth-order valence-electron chi connectivity index (χ4n) is 2.59. The summed E-state index contributed by atoms with van der Waals surface area (Å²) in [5.74, 6) is 0. The minimum Gasteiger partial charge on any atom is -0.444 e. The predicted octanol–water partition coefficient (Wildman–Crippen LogP) is 5.79. The van der Waals surface area contributed by atoms with E-state index in [1.807, 2.05) is 32.9 Å². The number of benzene rings is 1. The smallest absolute Gasteiger partial charge is 0.410 e. The highest BCUT2D eigenvalue weighted by atomic mass is 35.5. The molecule has 148 valence electrons. The molecule has 0 saturated carbocycles. The van der Waals surface area contributed by atoms with Gasteiger partial charge in [0.2, 0.25) is 0 Å². The van der Waals surface area contributed by atoms with Gasteiger partial charge < -0.3 is 14.1 Å². The Kier molecular flexibility index (Phi) is 7.75. The van der Waals surface area contributed by atoms with E-state index >= 15 is 0 Å². The van der Waals surface area contributed by atoms with Gasteiger partial charge in [-0.3, -0.25) is 0 Å². The van der Waals surface area contributed by atoms with Crippen LogP contribution in [0.2, 0.25) is 18.1 Å². The van der Waals surface area contributed by atoms with Gasteiger partial charge in [0.15, 0.2) is 9.04 Å². The van der Waals surface area contributed by atoms with Crippen LogP contribution in [0.5, 0.6) is 0 Å². The van der Waals surface area contributed by atoms with Crippen LogP contribution in [0.3, 0.4) is 0 Å². The molecule has 6 heteroatoms. The summed E-state index contributed by atoms with van der Waals surface area (Å²) in [6.45, 7) is 16.8. The number of nitrogens with zero attached hydrogens (tertiary/aromatic N) is 1. The number of halogens is 1. The van der Waals surface area contributed by atoms with Crippen LogP contribution >= 0.6 is 11.6 Å². The van der Waals surface area contributed by atoms with E-state index in [0.29, 0.717) is 11.6 Å². The number of carbonyl (C=O) groups is 1. The van der Waals surface area contributed by atoms with E-state index in [0.717, 1.165) is 11.1 Å². The number of ether oxygens (including phenoxy) is 1. The Balaban J connectivity index is 3.07. The molecule has 0 heterocycles. The third-order valence-electron chi connectivity index (χ3n) is 3.66. The number of hydrogen-bond acceptors (Lipinski definition) is 3. The molecule has 0 aromatic heterocycles. The molecule has 1 rings (SSSR count). The normalized spacial score (nSPS) is 13.7. The average molecular weight is 400 g/mol. The predicted molar refractivity (Wildman–Crippen MR) is 111 cm³/mol. The first kappa shape index (κ1) is 23.0. The quantitative estimate of drug-likeness (QED) is 0.587. The summed E-state index contributed by atoms with van der Waals surface area (Å²) in [5.41, 5.74) is 1.40. The van der Waals surface area contributed by atoms with Gasteiger partial charge >= 0.3 is 6.09 Å². The number of carbonyl (C=O) groups excluding carboxylic acids is 1. The SMILES string of the molecule is CN(Cc1ccc(Cl)c(C(O[SiH](C)C)C(C)(C)C)c1)C(=O)OC(C)(C)C. The largest absolute Gasteiger partial charge is 0.444 e. The van der Waals surface area contributed by atoms with Crippen LogP contribution in [-0.4, -0.2) is 32.7 Å². The van der Waals surface area contributed by atoms with Gasteiger partial charge in [-0.05, 0) is 62.5 Å². The summed E-state index contributed by atoms with van der Waals surface area (Å²) in [4.78, 5) is 13.8. The number of rotatable bonds is 5. The zero-order valence-corrected chi connectivity index (χ0v) is 19.6. The van der Waals surface area contributed by atoms with E-state index in [9.17, 15) is 4.79 Å². The van der Waals surface area contributed by atoms with Crippen molar-refractivity contribution in [2.24, 2.45) is 5.41 Å². The molecule has 0 radical (unpaired) electrons. The Hall–Kier alpha value is -1.04. The molecule has 1 amide bonds. The summed E-state index contributed by atoms with van der Waals surface area (Å²) in [5, 5.41) is 0.697. The molecule has 0 bridgehead atoms. The maximum Gasteiger partial charge on any atom is 0.410 e. The highest BCUT2D eigenvalue weighted by Crippen LogP contribution is 2.40. The zero-order chi connectivity index (χ0) is 20.3. The average Bonchev–Trinajstić information content (AvgIpc) is 2.44. The van der Waals surface area contributed by atoms with E-state index in [1.165, 1.54) is 0 Å². The monoisotopic (exact) mass is 399 g/mol. The molecule has 1 unspecified atom stereocenters. The lowest BCUT2D eigenvalue weighted by molar-refractivity contribution is 0.0285. The molecule has 1 aromatic rings. The summed E-state index contributed by atoms with van der Waals surface area (Å²) in [7, 11) is 0.491. The summed E-state index contributed by atoms with van der Waals surface area (Å²) < 4.78 is 11.7. The van der Waals surface area contributed by atoms with Crippen molar-refractivity contribution in [2.45, 2.75) is 72.9 Å². The van der Waals surface area contributed by atoms with E-state index in [2.05, 4.69) is 39.9 Å². The molecule has 1 atom stereocenters. The van der Waals surface area contributed by atoms with Crippen LogP contribution in [0.15, 0.2) is 18.2 Å². The highest BCUT2D eigenvalue weighted by molar-refractivity contribution is 6.48. The van der Waals surface area contributed by atoms with Crippen LogP contribution in [0.1, 0.15) is 58.8 Å². The van der Waals surface area contributed by atoms with Crippen molar-refractivity contribution in [1.29, 1.82) is 0 Å². The van der Waals surface area contributed by atoms with Crippen LogP contribution in [-0.2, 0) is 15.7 Å². The Morgan fingerprint density at radius 3 is 2.23 bits per heavy atom. The van der Waals surface area contributed by atoms with E-state index in [1.54, 1.807) is 11.9 Å². The third kappa shape index (κ3) is 7.29. The molecule has 0 aliphatic carbocycles.